The monoisotopic (exact) mass is 445 g/mol. The minimum atomic E-state index is -4.55. The molecule has 0 aliphatic carbocycles. The van der Waals surface area contributed by atoms with Crippen molar-refractivity contribution in [2.45, 2.75) is 32.4 Å². The van der Waals surface area contributed by atoms with Gasteiger partial charge in [-0.15, -0.1) is 0 Å². The van der Waals surface area contributed by atoms with Gasteiger partial charge in [-0.05, 0) is 41.3 Å². The lowest BCUT2D eigenvalue weighted by atomic mass is 9.86. The van der Waals surface area contributed by atoms with Crippen LogP contribution in [-0.2, 0) is 11.6 Å². The molecule has 0 atom stereocenters. The number of carbonyl (C=O) groups excluding carboxylic acids is 1. The Bertz CT molecular complexity index is 1110. The van der Waals surface area contributed by atoms with Crippen molar-refractivity contribution in [2.24, 2.45) is 0 Å². The smallest absolute Gasteiger partial charge is 0.433 e. The maximum Gasteiger partial charge on any atom is 0.433 e. The van der Waals surface area contributed by atoms with Crippen molar-refractivity contribution in [3.63, 3.8) is 0 Å². The fraction of sp³-hybridized carbons (Fsp3) is 0.261. The number of carbonyl (C=O) groups is 1. The Morgan fingerprint density at radius 1 is 1.00 bits per heavy atom. The number of aromatic nitrogens is 2. The summed E-state index contributed by atoms with van der Waals surface area (Å²) in [5.41, 5.74) is 0.272. The molecule has 2 aromatic heterocycles. The Labute approximate surface area is 183 Å². The van der Waals surface area contributed by atoms with Crippen molar-refractivity contribution in [3.05, 3.63) is 71.7 Å². The summed E-state index contributed by atoms with van der Waals surface area (Å²) >= 11 is 0. The molecular weight excluding hydrogens is 423 g/mol. The number of ether oxygens (including phenoxy) is 2. The van der Waals surface area contributed by atoms with Gasteiger partial charge >= 0.3 is 6.18 Å². The van der Waals surface area contributed by atoms with Crippen molar-refractivity contribution in [1.82, 2.24) is 9.97 Å². The molecule has 9 heteroatoms. The molecule has 2 heterocycles. The molecule has 0 saturated heterocycles. The molecule has 168 valence electrons. The molecule has 0 fully saturated rings. The number of rotatable bonds is 5. The molecule has 1 amide bonds. The van der Waals surface area contributed by atoms with Gasteiger partial charge in [0, 0.05) is 18.0 Å². The van der Waals surface area contributed by atoms with E-state index in [0.29, 0.717) is 11.6 Å². The maximum atomic E-state index is 13.0. The van der Waals surface area contributed by atoms with E-state index in [2.05, 4.69) is 15.3 Å². The van der Waals surface area contributed by atoms with Crippen molar-refractivity contribution in [2.75, 3.05) is 12.4 Å². The van der Waals surface area contributed by atoms with E-state index >= 15 is 0 Å². The quantitative estimate of drug-likeness (QED) is 0.534. The molecule has 0 bridgehead atoms. The van der Waals surface area contributed by atoms with E-state index in [1.807, 2.05) is 20.8 Å². The van der Waals surface area contributed by atoms with Crippen LogP contribution in [0.25, 0.3) is 0 Å². The van der Waals surface area contributed by atoms with Crippen LogP contribution >= 0.6 is 0 Å². The number of hydrogen-bond acceptors (Lipinski definition) is 5. The van der Waals surface area contributed by atoms with Gasteiger partial charge in [-0.25, -0.2) is 9.97 Å². The van der Waals surface area contributed by atoms with Gasteiger partial charge in [0.1, 0.15) is 17.2 Å². The molecule has 32 heavy (non-hydrogen) atoms. The number of amides is 1. The first kappa shape index (κ1) is 23.1. The van der Waals surface area contributed by atoms with Gasteiger partial charge in [-0.1, -0.05) is 26.8 Å². The number of halogens is 3. The van der Waals surface area contributed by atoms with Gasteiger partial charge in [0.25, 0.3) is 5.91 Å². The summed E-state index contributed by atoms with van der Waals surface area (Å²) < 4.78 is 49.2. The predicted octanol–water partition coefficient (Wildman–Crippen LogP) is 5.85. The minimum absolute atomic E-state index is 0.0729. The van der Waals surface area contributed by atoms with Crippen molar-refractivity contribution < 1.29 is 27.4 Å². The summed E-state index contributed by atoms with van der Waals surface area (Å²) in [6, 6.07) is 10.3. The Hall–Kier alpha value is -3.62. The zero-order valence-corrected chi connectivity index (χ0v) is 17.9. The van der Waals surface area contributed by atoms with Gasteiger partial charge in [-0.3, -0.25) is 4.79 Å². The van der Waals surface area contributed by atoms with Crippen molar-refractivity contribution in [1.29, 1.82) is 0 Å². The first-order valence-electron chi connectivity index (χ1n) is 9.64. The summed E-state index contributed by atoms with van der Waals surface area (Å²) in [6.45, 7) is 5.98. The first-order valence-corrected chi connectivity index (χ1v) is 9.64. The van der Waals surface area contributed by atoms with E-state index in [-0.39, 0.29) is 22.5 Å². The van der Waals surface area contributed by atoms with Crippen LogP contribution < -0.4 is 14.8 Å². The number of hydrogen-bond donors (Lipinski definition) is 1. The Morgan fingerprint density at radius 2 is 1.75 bits per heavy atom. The van der Waals surface area contributed by atoms with E-state index in [1.54, 1.807) is 30.3 Å². The predicted molar refractivity (Wildman–Crippen MR) is 113 cm³/mol. The van der Waals surface area contributed by atoms with Crippen molar-refractivity contribution >= 4 is 11.6 Å². The molecule has 3 aromatic rings. The van der Waals surface area contributed by atoms with Crippen LogP contribution in [0, 0.1) is 0 Å². The maximum absolute atomic E-state index is 13.0. The number of benzene rings is 1. The molecular formula is C23H22F3N3O3. The van der Waals surface area contributed by atoms with Crippen LogP contribution in [0.15, 0.2) is 54.9 Å². The summed E-state index contributed by atoms with van der Waals surface area (Å²) in [7, 11) is 1.46. The van der Waals surface area contributed by atoms with Crippen LogP contribution in [0.4, 0.5) is 18.9 Å². The topological polar surface area (TPSA) is 73.3 Å². The van der Waals surface area contributed by atoms with Crippen LogP contribution in [-0.4, -0.2) is 23.0 Å². The average molecular weight is 445 g/mol. The van der Waals surface area contributed by atoms with Gasteiger partial charge in [0.05, 0.1) is 18.9 Å². The molecule has 0 radical (unpaired) electrons. The third-order valence-electron chi connectivity index (χ3n) is 4.55. The molecule has 0 aliphatic heterocycles. The number of alkyl halides is 3. The zero-order valence-electron chi connectivity index (χ0n) is 17.9. The molecule has 0 saturated carbocycles. The molecule has 1 N–H and O–H groups in total. The lowest BCUT2D eigenvalue weighted by Crippen LogP contribution is -2.16. The van der Waals surface area contributed by atoms with Crippen LogP contribution in [0.2, 0.25) is 0 Å². The third-order valence-corrected chi connectivity index (χ3v) is 4.55. The molecule has 6 nitrogen and oxygen atoms in total. The van der Waals surface area contributed by atoms with E-state index in [0.717, 1.165) is 23.9 Å². The molecule has 1 aromatic carbocycles. The normalized spacial score (nSPS) is 11.7. The zero-order chi connectivity index (χ0) is 23.5. The third kappa shape index (κ3) is 5.54. The lowest BCUT2D eigenvalue weighted by molar-refractivity contribution is -0.141. The Balaban J connectivity index is 1.94. The number of nitrogens with zero attached hydrogens (tertiary/aromatic N) is 2. The highest BCUT2D eigenvalue weighted by atomic mass is 19.4. The number of pyridine rings is 2. The van der Waals surface area contributed by atoms with Gasteiger partial charge in [0.2, 0.25) is 5.88 Å². The van der Waals surface area contributed by atoms with Gasteiger partial charge in [-0.2, -0.15) is 13.2 Å². The standard InChI is InChI=1S/C23H22F3N3O3/c1-22(2,3)14-5-7-17(21(30)29-15-9-10-27-20(12-15)31-4)18(11-14)32-16-6-8-19(28-13-16)23(24,25)26/h5-13H,1-4H3,(H,27,29,30). The highest BCUT2D eigenvalue weighted by molar-refractivity contribution is 6.06. The van der Waals surface area contributed by atoms with E-state index < -0.39 is 17.8 Å². The lowest BCUT2D eigenvalue weighted by Gasteiger charge is -2.21. The number of methoxy groups -OCH3 is 1. The van der Waals surface area contributed by atoms with Crippen LogP contribution in [0.5, 0.6) is 17.4 Å². The second kappa shape index (κ2) is 8.86. The SMILES string of the molecule is COc1cc(NC(=O)c2ccc(C(C)(C)C)cc2Oc2ccc(C(F)(F)F)nc2)ccn1. The number of nitrogens with one attached hydrogen (secondary N) is 1. The molecule has 3 rings (SSSR count). The van der Waals surface area contributed by atoms with Crippen molar-refractivity contribution in [3.8, 4) is 17.4 Å². The Morgan fingerprint density at radius 3 is 2.34 bits per heavy atom. The summed E-state index contributed by atoms with van der Waals surface area (Å²) in [6.07, 6.45) is -2.09. The van der Waals surface area contributed by atoms with Gasteiger partial charge < -0.3 is 14.8 Å². The highest BCUT2D eigenvalue weighted by Crippen LogP contribution is 2.33. The summed E-state index contributed by atoms with van der Waals surface area (Å²) in [4.78, 5) is 20.4. The second-order valence-electron chi connectivity index (χ2n) is 7.98. The largest absolute Gasteiger partial charge is 0.481 e. The summed E-state index contributed by atoms with van der Waals surface area (Å²) in [5.74, 6) is 0.132. The second-order valence-corrected chi connectivity index (χ2v) is 7.98. The van der Waals surface area contributed by atoms with E-state index in [4.69, 9.17) is 9.47 Å². The van der Waals surface area contributed by atoms with Crippen LogP contribution in [0.3, 0.4) is 0 Å². The Kier molecular flexibility index (Phi) is 6.38. The van der Waals surface area contributed by atoms with Crippen LogP contribution in [0.1, 0.15) is 42.4 Å². The minimum Gasteiger partial charge on any atom is -0.481 e. The van der Waals surface area contributed by atoms with E-state index in [1.165, 1.54) is 13.3 Å². The number of anilines is 1. The van der Waals surface area contributed by atoms with E-state index in [9.17, 15) is 18.0 Å². The molecule has 0 unspecified atom stereocenters. The molecule has 0 aliphatic rings. The highest BCUT2D eigenvalue weighted by Gasteiger charge is 2.32. The average Bonchev–Trinajstić information content (AvgIpc) is 2.73. The molecule has 0 spiro atoms. The first-order chi connectivity index (χ1) is 15.0. The fourth-order valence-corrected chi connectivity index (χ4v) is 2.79. The fourth-order valence-electron chi connectivity index (χ4n) is 2.79. The van der Waals surface area contributed by atoms with Gasteiger partial charge in [0.15, 0.2) is 0 Å². The summed E-state index contributed by atoms with van der Waals surface area (Å²) in [5, 5.41) is 2.74.